The SMILES string of the molecule is O=C(Cc1ccc(C(F)(F)F)cc1)N1CCC(N2C=CNC2)CC1. The van der Waals surface area contributed by atoms with Gasteiger partial charge in [0, 0.05) is 31.5 Å². The van der Waals surface area contributed by atoms with E-state index < -0.39 is 11.7 Å². The molecule has 4 nitrogen and oxygen atoms in total. The Morgan fingerprint density at radius 1 is 1.17 bits per heavy atom. The number of hydrogen-bond acceptors (Lipinski definition) is 3. The quantitative estimate of drug-likeness (QED) is 0.919. The minimum atomic E-state index is -4.34. The zero-order chi connectivity index (χ0) is 17.2. The largest absolute Gasteiger partial charge is 0.416 e. The van der Waals surface area contributed by atoms with E-state index in [1.165, 1.54) is 12.1 Å². The Morgan fingerprint density at radius 2 is 1.83 bits per heavy atom. The Balaban J connectivity index is 1.51. The summed E-state index contributed by atoms with van der Waals surface area (Å²) in [6.07, 6.45) is 1.57. The van der Waals surface area contributed by atoms with E-state index in [0.29, 0.717) is 24.7 Å². The summed E-state index contributed by atoms with van der Waals surface area (Å²) in [4.78, 5) is 16.4. The maximum absolute atomic E-state index is 12.5. The number of nitrogens with zero attached hydrogens (tertiary/aromatic N) is 2. The maximum atomic E-state index is 12.5. The Bertz CT molecular complexity index is 605. The van der Waals surface area contributed by atoms with Gasteiger partial charge in [-0.25, -0.2) is 0 Å². The second kappa shape index (κ2) is 6.75. The molecule has 0 unspecified atom stereocenters. The third-order valence-corrected chi connectivity index (χ3v) is 4.58. The summed E-state index contributed by atoms with van der Waals surface area (Å²) >= 11 is 0. The zero-order valence-corrected chi connectivity index (χ0v) is 13.2. The molecule has 2 aliphatic heterocycles. The van der Waals surface area contributed by atoms with Crippen LogP contribution in [-0.2, 0) is 17.4 Å². The first kappa shape index (κ1) is 16.7. The van der Waals surface area contributed by atoms with Crippen molar-refractivity contribution in [2.24, 2.45) is 0 Å². The summed E-state index contributed by atoms with van der Waals surface area (Å²) in [5, 5.41) is 3.14. The molecule has 2 heterocycles. The number of alkyl halides is 3. The van der Waals surface area contributed by atoms with Gasteiger partial charge in [-0.05, 0) is 30.5 Å². The van der Waals surface area contributed by atoms with Gasteiger partial charge in [0.1, 0.15) is 0 Å². The number of nitrogens with one attached hydrogen (secondary N) is 1. The van der Waals surface area contributed by atoms with Crippen molar-refractivity contribution in [3.05, 3.63) is 47.8 Å². The highest BCUT2D eigenvalue weighted by Crippen LogP contribution is 2.29. The van der Waals surface area contributed by atoms with Gasteiger partial charge < -0.3 is 15.1 Å². The average Bonchev–Trinajstić information content (AvgIpc) is 3.09. The van der Waals surface area contributed by atoms with Crippen molar-refractivity contribution in [3.63, 3.8) is 0 Å². The third kappa shape index (κ3) is 3.83. The number of rotatable bonds is 3. The topological polar surface area (TPSA) is 35.6 Å². The number of benzene rings is 1. The summed E-state index contributed by atoms with van der Waals surface area (Å²) in [6.45, 7) is 2.19. The molecule has 0 aromatic heterocycles. The molecule has 1 aromatic carbocycles. The van der Waals surface area contributed by atoms with Gasteiger partial charge in [0.25, 0.3) is 0 Å². The van der Waals surface area contributed by atoms with Crippen molar-refractivity contribution < 1.29 is 18.0 Å². The van der Waals surface area contributed by atoms with E-state index >= 15 is 0 Å². The van der Waals surface area contributed by atoms with Crippen molar-refractivity contribution in [2.45, 2.75) is 31.5 Å². The summed E-state index contributed by atoms with van der Waals surface area (Å²) in [6, 6.07) is 5.26. The van der Waals surface area contributed by atoms with E-state index in [9.17, 15) is 18.0 Å². The first-order chi connectivity index (χ1) is 11.4. The predicted molar refractivity (Wildman–Crippen MR) is 83.7 cm³/mol. The molecule has 1 N–H and O–H groups in total. The molecule has 0 saturated carbocycles. The predicted octanol–water partition coefficient (Wildman–Crippen LogP) is 2.57. The molecule has 130 valence electrons. The standard InChI is InChI=1S/C17H20F3N3O/c18-17(19,20)14-3-1-13(2-4-14)11-16(24)22-8-5-15(6-9-22)23-10-7-21-12-23/h1-4,7,10,15,21H,5-6,8-9,11-12H2. The highest BCUT2D eigenvalue weighted by Gasteiger charge is 2.30. The van der Waals surface area contributed by atoms with Crippen molar-refractivity contribution >= 4 is 5.91 Å². The molecule has 0 aliphatic carbocycles. The van der Waals surface area contributed by atoms with Crippen molar-refractivity contribution in [1.29, 1.82) is 0 Å². The van der Waals surface area contributed by atoms with Crippen molar-refractivity contribution in [2.75, 3.05) is 19.8 Å². The van der Waals surface area contributed by atoms with Gasteiger partial charge in [-0.15, -0.1) is 0 Å². The van der Waals surface area contributed by atoms with Crippen LogP contribution in [0.15, 0.2) is 36.7 Å². The second-order valence-electron chi connectivity index (χ2n) is 6.18. The molecule has 0 radical (unpaired) electrons. The lowest BCUT2D eigenvalue weighted by Gasteiger charge is -2.36. The molecule has 2 aliphatic rings. The normalized spacial score (nSPS) is 18.8. The molecular weight excluding hydrogens is 319 g/mol. The molecule has 0 bridgehead atoms. The molecule has 24 heavy (non-hydrogen) atoms. The molecule has 3 rings (SSSR count). The molecule has 1 saturated heterocycles. The fourth-order valence-corrected chi connectivity index (χ4v) is 3.15. The first-order valence-electron chi connectivity index (χ1n) is 8.03. The van der Waals surface area contributed by atoms with Gasteiger partial charge in [0.2, 0.25) is 5.91 Å². The van der Waals surface area contributed by atoms with Gasteiger partial charge in [-0.2, -0.15) is 13.2 Å². The minimum Gasteiger partial charge on any atom is -0.373 e. The van der Waals surface area contributed by atoms with Crippen LogP contribution >= 0.6 is 0 Å². The van der Waals surface area contributed by atoms with Crippen molar-refractivity contribution in [1.82, 2.24) is 15.1 Å². The number of halogens is 3. The summed E-state index contributed by atoms with van der Waals surface area (Å²) in [5.74, 6) is -0.0247. The Hall–Kier alpha value is -2.18. The number of amides is 1. The molecule has 7 heteroatoms. The van der Waals surface area contributed by atoms with E-state index in [4.69, 9.17) is 0 Å². The summed E-state index contributed by atoms with van der Waals surface area (Å²) < 4.78 is 37.6. The maximum Gasteiger partial charge on any atom is 0.416 e. The van der Waals surface area contributed by atoms with Crippen LogP contribution in [0.1, 0.15) is 24.0 Å². The molecule has 0 atom stereocenters. The van der Waals surface area contributed by atoms with Crippen LogP contribution in [0.25, 0.3) is 0 Å². The number of carbonyl (C=O) groups is 1. The van der Waals surface area contributed by atoms with E-state index in [2.05, 4.69) is 10.2 Å². The molecule has 0 spiro atoms. The van der Waals surface area contributed by atoms with Crippen LogP contribution < -0.4 is 5.32 Å². The Labute approximate surface area is 138 Å². The van der Waals surface area contributed by atoms with Crippen LogP contribution in [0.3, 0.4) is 0 Å². The van der Waals surface area contributed by atoms with Crippen LogP contribution in [0.5, 0.6) is 0 Å². The van der Waals surface area contributed by atoms with Gasteiger partial charge in [-0.3, -0.25) is 4.79 Å². The Morgan fingerprint density at radius 3 is 2.38 bits per heavy atom. The van der Waals surface area contributed by atoms with Gasteiger partial charge >= 0.3 is 6.18 Å². The highest BCUT2D eigenvalue weighted by molar-refractivity contribution is 5.78. The van der Waals surface area contributed by atoms with Crippen LogP contribution in [0.4, 0.5) is 13.2 Å². The Kier molecular flexibility index (Phi) is 4.69. The van der Waals surface area contributed by atoms with E-state index in [-0.39, 0.29) is 12.3 Å². The van der Waals surface area contributed by atoms with Crippen LogP contribution in [0.2, 0.25) is 0 Å². The van der Waals surface area contributed by atoms with E-state index in [1.807, 2.05) is 12.4 Å². The van der Waals surface area contributed by atoms with E-state index in [0.717, 1.165) is 31.6 Å². The lowest BCUT2D eigenvalue weighted by molar-refractivity contribution is -0.137. The smallest absolute Gasteiger partial charge is 0.373 e. The number of hydrogen-bond donors (Lipinski definition) is 1. The molecule has 1 amide bonds. The number of piperidine rings is 1. The van der Waals surface area contributed by atoms with Gasteiger partial charge in [0.05, 0.1) is 18.7 Å². The lowest BCUT2D eigenvalue weighted by atomic mass is 10.0. The van der Waals surface area contributed by atoms with Crippen LogP contribution in [0, 0.1) is 0 Å². The van der Waals surface area contributed by atoms with E-state index in [1.54, 1.807) is 4.90 Å². The fraction of sp³-hybridized carbons (Fsp3) is 0.471. The molecular formula is C17H20F3N3O. The first-order valence-corrected chi connectivity index (χ1v) is 8.03. The third-order valence-electron chi connectivity index (χ3n) is 4.58. The molecule has 1 aromatic rings. The summed E-state index contributed by atoms with van der Waals surface area (Å²) in [7, 11) is 0. The van der Waals surface area contributed by atoms with Crippen LogP contribution in [-0.4, -0.2) is 41.5 Å². The number of likely N-dealkylation sites (tertiary alicyclic amines) is 1. The summed E-state index contributed by atoms with van der Waals surface area (Å²) in [5.41, 5.74) is -0.0754. The monoisotopic (exact) mass is 339 g/mol. The number of carbonyl (C=O) groups excluding carboxylic acids is 1. The van der Waals surface area contributed by atoms with Crippen molar-refractivity contribution in [3.8, 4) is 0 Å². The lowest BCUT2D eigenvalue weighted by Crippen LogP contribution is -2.45. The fourth-order valence-electron chi connectivity index (χ4n) is 3.15. The minimum absolute atomic E-state index is 0.0247. The van der Waals surface area contributed by atoms with Gasteiger partial charge in [-0.1, -0.05) is 12.1 Å². The second-order valence-corrected chi connectivity index (χ2v) is 6.18. The average molecular weight is 339 g/mol. The van der Waals surface area contributed by atoms with Gasteiger partial charge in [0.15, 0.2) is 0 Å². The zero-order valence-electron chi connectivity index (χ0n) is 13.2. The highest BCUT2D eigenvalue weighted by atomic mass is 19.4. The molecule has 1 fully saturated rings.